The molecule has 0 aliphatic heterocycles. The van der Waals surface area contributed by atoms with Crippen molar-refractivity contribution in [1.29, 1.82) is 0 Å². The summed E-state index contributed by atoms with van der Waals surface area (Å²) in [5.74, 6) is -1.15. The lowest BCUT2D eigenvalue weighted by atomic mass is 10.2. The number of rotatable bonds is 5. The zero-order chi connectivity index (χ0) is 12.8. The molecule has 0 bridgehead atoms. The predicted octanol–water partition coefficient (Wildman–Crippen LogP) is 1.33. The normalized spacial score (nSPS) is 12.0. The minimum Gasteiger partial charge on any atom is -0.494 e. The van der Waals surface area contributed by atoms with E-state index in [1.165, 1.54) is 19.2 Å². The van der Waals surface area contributed by atoms with E-state index in [0.29, 0.717) is 13.0 Å². The molecule has 0 radical (unpaired) electrons. The zero-order valence-corrected chi connectivity index (χ0v) is 9.87. The smallest absolute Gasteiger partial charge is 0.254 e. The lowest BCUT2D eigenvalue weighted by molar-refractivity contribution is 0.0941. The van der Waals surface area contributed by atoms with Gasteiger partial charge in [-0.05, 0) is 25.5 Å². The summed E-state index contributed by atoms with van der Waals surface area (Å²) < 4.78 is 18.5. The highest BCUT2D eigenvalue weighted by molar-refractivity contribution is 5.94. The Bertz CT molecular complexity index is 393. The van der Waals surface area contributed by atoms with Gasteiger partial charge in [0.25, 0.3) is 5.91 Å². The molecule has 0 fully saturated rings. The minimum atomic E-state index is -0.676. The molecule has 1 rings (SSSR count). The van der Waals surface area contributed by atoms with E-state index in [-0.39, 0.29) is 11.3 Å². The largest absolute Gasteiger partial charge is 0.494 e. The van der Waals surface area contributed by atoms with Crippen LogP contribution in [0, 0.1) is 5.82 Å². The molecule has 1 amide bonds. The van der Waals surface area contributed by atoms with Crippen LogP contribution in [0.25, 0.3) is 0 Å². The maximum absolute atomic E-state index is 13.7. The van der Waals surface area contributed by atoms with Gasteiger partial charge in [0.15, 0.2) is 11.6 Å². The summed E-state index contributed by atoms with van der Waals surface area (Å²) in [7, 11) is 1.34. The van der Waals surface area contributed by atoms with Crippen LogP contribution in [0.4, 0.5) is 4.39 Å². The molecule has 0 aromatic heterocycles. The first-order valence-corrected chi connectivity index (χ1v) is 5.35. The van der Waals surface area contributed by atoms with Gasteiger partial charge in [-0.2, -0.15) is 0 Å². The highest BCUT2D eigenvalue weighted by atomic mass is 19.1. The summed E-state index contributed by atoms with van der Waals surface area (Å²) in [6.45, 7) is 1.92. The number of carbonyl (C=O) groups excluding carboxylic acids is 1. The van der Waals surface area contributed by atoms with Gasteiger partial charge in [-0.3, -0.25) is 4.79 Å². The van der Waals surface area contributed by atoms with Crippen LogP contribution in [0.1, 0.15) is 23.7 Å². The summed E-state index contributed by atoms with van der Waals surface area (Å²) in [5.41, 5.74) is -0.0602. The number of benzene rings is 1. The second-order valence-electron chi connectivity index (χ2n) is 3.72. The highest BCUT2D eigenvalue weighted by Gasteiger charge is 2.14. The van der Waals surface area contributed by atoms with Gasteiger partial charge in [0.1, 0.15) is 0 Å². The Morgan fingerprint density at radius 3 is 2.88 bits per heavy atom. The Hall–Kier alpha value is -1.62. The molecule has 0 aliphatic rings. The number of amides is 1. The fourth-order valence-corrected chi connectivity index (χ4v) is 1.33. The van der Waals surface area contributed by atoms with Crippen molar-refractivity contribution in [3.63, 3.8) is 0 Å². The first kappa shape index (κ1) is 13.4. The van der Waals surface area contributed by atoms with Crippen LogP contribution in [0.15, 0.2) is 18.2 Å². The van der Waals surface area contributed by atoms with Gasteiger partial charge in [-0.15, -0.1) is 0 Å². The van der Waals surface area contributed by atoms with Crippen molar-refractivity contribution < 1.29 is 19.0 Å². The number of aliphatic hydroxyl groups excluding tert-OH is 1. The van der Waals surface area contributed by atoms with Crippen molar-refractivity contribution in [2.45, 2.75) is 19.4 Å². The number of ether oxygens (including phenoxy) is 1. The number of carbonyl (C=O) groups is 1. The van der Waals surface area contributed by atoms with Gasteiger partial charge in [0, 0.05) is 6.54 Å². The maximum Gasteiger partial charge on any atom is 0.254 e. The molecule has 1 aromatic carbocycles. The van der Waals surface area contributed by atoms with Crippen LogP contribution in [0.5, 0.6) is 5.75 Å². The van der Waals surface area contributed by atoms with Crippen molar-refractivity contribution >= 4 is 5.91 Å². The first-order chi connectivity index (χ1) is 8.06. The van der Waals surface area contributed by atoms with Crippen LogP contribution in [-0.2, 0) is 0 Å². The van der Waals surface area contributed by atoms with Gasteiger partial charge < -0.3 is 15.2 Å². The predicted molar refractivity (Wildman–Crippen MR) is 61.6 cm³/mol. The van der Waals surface area contributed by atoms with Crippen molar-refractivity contribution in [3.05, 3.63) is 29.6 Å². The first-order valence-electron chi connectivity index (χ1n) is 5.35. The van der Waals surface area contributed by atoms with E-state index in [1.807, 2.05) is 0 Å². The van der Waals surface area contributed by atoms with Gasteiger partial charge in [0.2, 0.25) is 0 Å². The summed E-state index contributed by atoms with van der Waals surface area (Å²) in [5, 5.41) is 11.6. The molecule has 0 aliphatic carbocycles. The van der Waals surface area contributed by atoms with Crippen molar-refractivity contribution in [2.75, 3.05) is 13.7 Å². The Balaban J connectivity index is 2.69. The summed E-state index contributed by atoms with van der Waals surface area (Å²) in [6, 6.07) is 4.38. The topological polar surface area (TPSA) is 58.6 Å². The fraction of sp³-hybridized carbons (Fsp3) is 0.417. The number of hydrogen-bond acceptors (Lipinski definition) is 3. The molecule has 2 N–H and O–H groups in total. The molecular formula is C12H16FNO3. The minimum absolute atomic E-state index is 0.0353. The van der Waals surface area contributed by atoms with E-state index in [2.05, 4.69) is 5.32 Å². The van der Waals surface area contributed by atoms with Crippen molar-refractivity contribution in [2.24, 2.45) is 0 Å². The van der Waals surface area contributed by atoms with Gasteiger partial charge >= 0.3 is 0 Å². The molecule has 94 valence electrons. The van der Waals surface area contributed by atoms with Crippen LogP contribution >= 0.6 is 0 Å². The molecular weight excluding hydrogens is 225 g/mol. The third kappa shape index (κ3) is 3.71. The standard InChI is InChI=1S/C12H16FNO3/c1-8(15)6-7-14-12(16)9-4-3-5-10(17-2)11(9)13/h3-5,8,15H,6-7H2,1-2H3,(H,14,16). The van der Waals surface area contributed by atoms with Gasteiger partial charge in [-0.1, -0.05) is 6.07 Å². The lowest BCUT2D eigenvalue weighted by Gasteiger charge is -2.09. The van der Waals surface area contributed by atoms with E-state index in [1.54, 1.807) is 13.0 Å². The number of nitrogens with one attached hydrogen (secondary N) is 1. The second-order valence-corrected chi connectivity index (χ2v) is 3.72. The monoisotopic (exact) mass is 241 g/mol. The number of halogens is 1. The van der Waals surface area contributed by atoms with Crippen LogP contribution in [0.2, 0.25) is 0 Å². The molecule has 17 heavy (non-hydrogen) atoms. The van der Waals surface area contributed by atoms with E-state index < -0.39 is 17.8 Å². The van der Waals surface area contributed by atoms with Crippen molar-refractivity contribution in [3.8, 4) is 5.75 Å². The van der Waals surface area contributed by atoms with E-state index in [9.17, 15) is 9.18 Å². The quantitative estimate of drug-likeness (QED) is 0.817. The summed E-state index contributed by atoms with van der Waals surface area (Å²) in [4.78, 5) is 11.6. The van der Waals surface area contributed by atoms with Crippen LogP contribution < -0.4 is 10.1 Å². The highest BCUT2D eigenvalue weighted by Crippen LogP contribution is 2.19. The number of methoxy groups -OCH3 is 1. The maximum atomic E-state index is 13.7. The van der Waals surface area contributed by atoms with E-state index in [0.717, 1.165) is 0 Å². The Morgan fingerprint density at radius 1 is 1.59 bits per heavy atom. The van der Waals surface area contributed by atoms with Crippen LogP contribution in [-0.4, -0.2) is 30.8 Å². The number of hydrogen-bond donors (Lipinski definition) is 2. The average molecular weight is 241 g/mol. The molecule has 0 saturated heterocycles. The zero-order valence-electron chi connectivity index (χ0n) is 9.87. The van der Waals surface area contributed by atoms with Gasteiger partial charge in [0.05, 0.1) is 18.8 Å². The molecule has 1 unspecified atom stereocenters. The molecule has 1 atom stereocenters. The summed E-state index contributed by atoms with van der Waals surface area (Å²) >= 11 is 0. The van der Waals surface area contributed by atoms with Gasteiger partial charge in [-0.25, -0.2) is 4.39 Å². The Kier molecular flexibility index (Phi) is 4.90. The van der Waals surface area contributed by atoms with E-state index in [4.69, 9.17) is 9.84 Å². The SMILES string of the molecule is COc1cccc(C(=O)NCCC(C)O)c1F. The lowest BCUT2D eigenvalue weighted by Crippen LogP contribution is -2.27. The molecule has 5 heteroatoms. The van der Waals surface area contributed by atoms with Crippen LogP contribution in [0.3, 0.4) is 0 Å². The molecule has 0 heterocycles. The third-order valence-electron chi connectivity index (χ3n) is 2.28. The Labute approximate surface area is 99.4 Å². The average Bonchev–Trinajstić information content (AvgIpc) is 2.28. The fourth-order valence-electron chi connectivity index (χ4n) is 1.33. The Morgan fingerprint density at radius 2 is 2.29 bits per heavy atom. The molecule has 1 aromatic rings. The van der Waals surface area contributed by atoms with E-state index >= 15 is 0 Å². The molecule has 4 nitrogen and oxygen atoms in total. The third-order valence-corrected chi connectivity index (χ3v) is 2.28. The van der Waals surface area contributed by atoms with Crippen molar-refractivity contribution in [1.82, 2.24) is 5.32 Å². The second kappa shape index (κ2) is 6.20. The summed E-state index contributed by atoms with van der Waals surface area (Å²) in [6.07, 6.45) is -0.0670. The number of aliphatic hydroxyl groups is 1. The molecule has 0 saturated carbocycles. The molecule has 0 spiro atoms.